The molecule has 48 valence electrons. The molecular formula is C7H9NO. The highest BCUT2D eigenvalue weighted by molar-refractivity contribution is 5.36. The Kier molecular flexibility index (Phi) is 1.68. The van der Waals surface area contributed by atoms with E-state index >= 15 is 0 Å². The summed E-state index contributed by atoms with van der Waals surface area (Å²) in [5, 5.41) is 0. The third-order valence-electron chi connectivity index (χ3n) is 0.948. The Morgan fingerprint density at radius 3 is 2.89 bits per heavy atom. The van der Waals surface area contributed by atoms with E-state index in [1.54, 1.807) is 6.20 Å². The Bertz CT molecular complexity index is 212. The van der Waals surface area contributed by atoms with Gasteiger partial charge in [-0.25, -0.2) is 4.98 Å². The highest BCUT2D eigenvalue weighted by Gasteiger charge is 1.91. The van der Waals surface area contributed by atoms with E-state index in [4.69, 9.17) is 4.42 Å². The molecule has 0 aliphatic heterocycles. The van der Waals surface area contributed by atoms with E-state index in [1.165, 1.54) is 0 Å². The van der Waals surface area contributed by atoms with E-state index in [1.807, 2.05) is 26.0 Å². The molecule has 0 bridgehead atoms. The lowest BCUT2D eigenvalue weighted by molar-refractivity contribution is 0.516. The Balaban J connectivity index is 2.85. The van der Waals surface area contributed by atoms with Gasteiger partial charge >= 0.3 is 0 Å². The van der Waals surface area contributed by atoms with Crippen molar-refractivity contribution in [2.75, 3.05) is 0 Å². The van der Waals surface area contributed by atoms with E-state index in [-0.39, 0.29) is 0 Å². The quantitative estimate of drug-likeness (QED) is 0.571. The molecule has 0 radical (unpaired) electrons. The maximum absolute atomic E-state index is 5.13. The molecule has 1 aromatic rings. The maximum Gasteiger partial charge on any atom is 0.218 e. The van der Waals surface area contributed by atoms with Crippen LogP contribution in [-0.2, 0) is 0 Å². The van der Waals surface area contributed by atoms with Crippen molar-refractivity contribution in [1.29, 1.82) is 0 Å². The molecule has 2 heteroatoms. The molecule has 0 saturated heterocycles. The molecule has 0 fully saturated rings. The van der Waals surface area contributed by atoms with Gasteiger partial charge in [0.25, 0.3) is 0 Å². The van der Waals surface area contributed by atoms with Crippen molar-refractivity contribution in [3.05, 3.63) is 23.9 Å². The molecule has 0 aliphatic rings. The zero-order valence-corrected chi connectivity index (χ0v) is 5.59. The lowest BCUT2D eigenvalue weighted by atomic mass is 10.5. The van der Waals surface area contributed by atoms with Crippen LogP contribution in [-0.4, -0.2) is 4.98 Å². The molecule has 1 rings (SSSR count). The van der Waals surface area contributed by atoms with Gasteiger partial charge in [-0.05, 0) is 19.9 Å². The zero-order valence-electron chi connectivity index (χ0n) is 5.59. The van der Waals surface area contributed by atoms with Crippen LogP contribution >= 0.6 is 0 Å². The lowest BCUT2D eigenvalue weighted by Gasteiger charge is -1.77. The fraction of sp³-hybridized carbons (Fsp3) is 0.286. The monoisotopic (exact) mass is 123 g/mol. The van der Waals surface area contributed by atoms with Crippen LogP contribution in [0.25, 0.3) is 6.08 Å². The average molecular weight is 123 g/mol. The second-order valence-electron chi connectivity index (χ2n) is 1.81. The van der Waals surface area contributed by atoms with Crippen molar-refractivity contribution in [2.24, 2.45) is 0 Å². The lowest BCUT2D eigenvalue weighted by Crippen LogP contribution is -1.63. The van der Waals surface area contributed by atoms with Crippen molar-refractivity contribution < 1.29 is 4.42 Å². The van der Waals surface area contributed by atoms with Crippen LogP contribution in [0.15, 0.2) is 16.7 Å². The topological polar surface area (TPSA) is 26.0 Å². The van der Waals surface area contributed by atoms with E-state index < -0.39 is 0 Å². The van der Waals surface area contributed by atoms with Crippen LogP contribution in [0.5, 0.6) is 0 Å². The minimum absolute atomic E-state index is 0.676. The smallest absolute Gasteiger partial charge is 0.218 e. The maximum atomic E-state index is 5.13. The molecule has 0 amide bonds. The van der Waals surface area contributed by atoms with Crippen LogP contribution in [0.4, 0.5) is 0 Å². The van der Waals surface area contributed by atoms with Gasteiger partial charge < -0.3 is 4.42 Å². The molecular weight excluding hydrogens is 114 g/mol. The van der Waals surface area contributed by atoms with Gasteiger partial charge in [-0.1, -0.05) is 6.08 Å². The van der Waals surface area contributed by atoms with Gasteiger partial charge in [0, 0.05) is 0 Å². The van der Waals surface area contributed by atoms with Crippen molar-refractivity contribution in [2.45, 2.75) is 13.8 Å². The molecule has 0 aliphatic carbocycles. The highest BCUT2D eigenvalue weighted by Crippen LogP contribution is 2.02. The van der Waals surface area contributed by atoms with E-state index in [0.717, 1.165) is 5.76 Å². The summed E-state index contributed by atoms with van der Waals surface area (Å²) in [6, 6.07) is 0. The summed E-state index contributed by atoms with van der Waals surface area (Å²) in [6.07, 6.45) is 5.42. The Labute approximate surface area is 54.2 Å². The highest BCUT2D eigenvalue weighted by atomic mass is 16.3. The van der Waals surface area contributed by atoms with Crippen LogP contribution in [0.3, 0.4) is 0 Å². The Morgan fingerprint density at radius 2 is 2.44 bits per heavy atom. The molecule has 0 spiro atoms. The SMILES string of the molecule is C/C=C/c1ncc(C)o1. The Morgan fingerprint density at radius 1 is 1.67 bits per heavy atom. The van der Waals surface area contributed by atoms with Crippen molar-refractivity contribution in [1.82, 2.24) is 4.98 Å². The molecule has 0 unspecified atom stereocenters. The second kappa shape index (κ2) is 2.49. The van der Waals surface area contributed by atoms with Crippen molar-refractivity contribution in [3.63, 3.8) is 0 Å². The summed E-state index contributed by atoms with van der Waals surface area (Å²) >= 11 is 0. The van der Waals surface area contributed by atoms with Gasteiger partial charge in [0.05, 0.1) is 6.20 Å². The number of aromatic nitrogens is 1. The van der Waals surface area contributed by atoms with E-state index in [0.29, 0.717) is 5.89 Å². The number of rotatable bonds is 1. The first-order valence-electron chi connectivity index (χ1n) is 2.88. The number of oxazole rings is 1. The van der Waals surface area contributed by atoms with E-state index in [9.17, 15) is 0 Å². The summed E-state index contributed by atoms with van der Waals surface area (Å²) in [4.78, 5) is 3.95. The standard InChI is InChI=1S/C7H9NO/c1-3-4-7-8-5-6(2)9-7/h3-5H,1-2H3/b4-3+. The first-order chi connectivity index (χ1) is 4.33. The van der Waals surface area contributed by atoms with Crippen LogP contribution in [0, 0.1) is 6.92 Å². The predicted molar refractivity (Wildman–Crippen MR) is 35.9 cm³/mol. The first-order valence-corrected chi connectivity index (χ1v) is 2.88. The largest absolute Gasteiger partial charge is 0.442 e. The number of allylic oxidation sites excluding steroid dienone is 1. The normalized spacial score (nSPS) is 10.9. The van der Waals surface area contributed by atoms with Crippen LogP contribution < -0.4 is 0 Å². The summed E-state index contributed by atoms with van der Waals surface area (Å²) in [5.74, 6) is 1.53. The molecule has 1 heterocycles. The molecule has 2 nitrogen and oxygen atoms in total. The molecule has 0 saturated carbocycles. The summed E-state index contributed by atoms with van der Waals surface area (Å²) in [6.45, 7) is 3.81. The molecule has 0 atom stereocenters. The fourth-order valence-electron chi connectivity index (χ4n) is 0.592. The minimum atomic E-state index is 0.676. The first kappa shape index (κ1) is 6.08. The van der Waals surface area contributed by atoms with E-state index in [2.05, 4.69) is 4.98 Å². The van der Waals surface area contributed by atoms with Gasteiger partial charge in [0.1, 0.15) is 5.76 Å². The number of aryl methyl sites for hydroxylation is 1. The van der Waals surface area contributed by atoms with Gasteiger partial charge in [0.15, 0.2) is 0 Å². The second-order valence-corrected chi connectivity index (χ2v) is 1.81. The number of nitrogens with zero attached hydrogens (tertiary/aromatic N) is 1. The van der Waals surface area contributed by atoms with Gasteiger partial charge in [-0.3, -0.25) is 0 Å². The van der Waals surface area contributed by atoms with Crippen LogP contribution in [0.1, 0.15) is 18.6 Å². The van der Waals surface area contributed by atoms with Gasteiger partial charge in [-0.2, -0.15) is 0 Å². The number of hydrogen-bond donors (Lipinski definition) is 0. The summed E-state index contributed by atoms with van der Waals surface area (Å²) in [7, 11) is 0. The van der Waals surface area contributed by atoms with Crippen LogP contribution in [0.2, 0.25) is 0 Å². The Hall–Kier alpha value is -1.05. The molecule has 9 heavy (non-hydrogen) atoms. The third-order valence-corrected chi connectivity index (χ3v) is 0.948. The van der Waals surface area contributed by atoms with Crippen molar-refractivity contribution in [3.8, 4) is 0 Å². The average Bonchev–Trinajstić information content (AvgIpc) is 2.17. The number of hydrogen-bond acceptors (Lipinski definition) is 2. The summed E-state index contributed by atoms with van der Waals surface area (Å²) in [5.41, 5.74) is 0. The predicted octanol–water partition coefficient (Wildman–Crippen LogP) is 2.02. The molecule has 0 N–H and O–H groups in total. The van der Waals surface area contributed by atoms with Gasteiger partial charge in [0.2, 0.25) is 5.89 Å². The van der Waals surface area contributed by atoms with Gasteiger partial charge in [-0.15, -0.1) is 0 Å². The third kappa shape index (κ3) is 1.42. The molecule has 0 aromatic carbocycles. The summed E-state index contributed by atoms with van der Waals surface area (Å²) < 4.78 is 5.13. The zero-order chi connectivity index (χ0) is 6.69. The fourth-order valence-corrected chi connectivity index (χ4v) is 0.592. The minimum Gasteiger partial charge on any atom is -0.442 e. The molecule has 1 aromatic heterocycles. The van der Waals surface area contributed by atoms with Crippen molar-refractivity contribution >= 4 is 6.08 Å².